The van der Waals surface area contributed by atoms with Crippen LogP contribution in [0.4, 0.5) is 0 Å². The summed E-state index contributed by atoms with van der Waals surface area (Å²) in [5, 5.41) is 18.3. The Bertz CT molecular complexity index is 1060. The van der Waals surface area contributed by atoms with Crippen LogP contribution in [0.5, 0.6) is 0 Å². The van der Waals surface area contributed by atoms with Crippen LogP contribution < -0.4 is 10.9 Å². The van der Waals surface area contributed by atoms with Crippen LogP contribution in [0.15, 0.2) is 42.2 Å². The number of aliphatic hydroxyl groups is 1. The molecular formula is C28H42BN3O5. The minimum absolute atomic E-state index is 0.0446. The number of carbonyl (C=O) groups is 2. The Labute approximate surface area is 221 Å². The molecule has 1 aliphatic rings. The largest absolute Gasteiger partial charge is 0.515 e. The lowest BCUT2D eigenvalue weighted by Crippen LogP contribution is -2.56. The van der Waals surface area contributed by atoms with Crippen molar-refractivity contribution < 1.29 is 24.0 Å². The van der Waals surface area contributed by atoms with Crippen LogP contribution in [0.25, 0.3) is 0 Å². The molecule has 1 fully saturated rings. The summed E-state index contributed by atoms with van der Waals surface area (Å²) in [5.74, 6) is -1.02. The molecule has 2 amide bonds. The van der Waals surface area contributed by atoms with Gasteiger partial charge in [-0.15, -0.1) is 0 Å². The van der Waals surface area contributed by atoms with E-state index >= 15 is 0 Å². The summed E-state index contributed by atoms with van der Waals surface area (Å²) in [7, 11) is -0.631. The first kappa shape index (κ1) is 30.3. The monoisotopic (exact) mass is 511 g/mol. The molecule has 0 aliphatic carbocycles. The quantitative estimate of drug-likeness (QED) is 0.118. The van der Waals surface area contributed by atoms with Crippen LogP contribution >= 0.6 is 0 Å². The van der Waals surface area contributed by atoms with Crippen molar-refractivity contribution in [3.63, 3.8) is 0 Å². The maximum atomic E-state index is 13.6. The molecule has 9 heteroatoms. The van der Waals surface area contributed by atoms with Gasteiger partial charge in [-0.25, -0.2) is 5.01 Å². The number of rotatable bonds is 8. The zero-order valence-corrected chi connectivity index (χ0v) is 23.6. The normalized spacial score (nSPS) is 18.1. The lowest BCUT2D eigenvalue weighted by molar-refractivity contribution is -0.135. The Hall–Kier alpha value is -2.91. The lowest BCUT2D eigenvalue weighted by atomic mass is 9.75. The average molecular weight is 511 g/mol. The second-order valence-corrected chi connectivity index (χ2v) is 11.5. The fraction of sp³-hybridized carbons (Fsp3) is 0.536. The molecule has 3 N–H and O–H groups in total. The number of amides is 2. The number of carbonyl (C=O) groups excluding carboxylic acids is 2. The highest BCUT2D eigenvalue weighted by Gasteiger charge is 2.52. The summed E-state index contributed by atoms with van der Waals surface area (Å²) in [4.78, 5) is 27.2. The number of allylic oxidation sites excluding steroid dienone is 1. The first-order valence-electron chi connectivity index (χ1n) is 12.7. The van der Waals surface area contributed by atoms with Crippen LogP contribution in [-0.2, 0) is 14.1 Å². The molecule has 1 unspecified atom stereocenters. The number of hydrogen-bond acceptors (Lipinski definition) is 6. The van der Waals surface area contributed by atoms with E-state index in [1.165, 1.54) is 17.2 Å². The van der Waals surface area contributed by atoms with Gasteiger partial charge in [0.25, 0.3) is 11.8 Å². The van der Waals surface area contributed by atoms with Crippen molar-refractivity contribution in [1.29, 1.82) is 5.41 Å². The molecule has 1 heterocycles. The van der Waals surface area contributed by atoms with Gasteiger partial charge in [-0.3, -0.25) is 15.0 Å². The summed E-state index contributed by atoms with van der Waals surface area (Å²) in [6, 6.07) is 4.99. The molecule has 0 saturated carbocycles. The van der Waals surface area contributed by atoms with Crippen molar-refractivity contribution in [3.8, 4) is 0 Å². The summed E-state index contributed by atoms with van der Waals surface area (Å²) in [5.41, 5.74) is 3.18. The average Bonchev–Trinajstić information content (AvgIpc) is 3.02. The van der Waals surface area contributed by atoms with Crippen molar-refractivity contribution in [2.24, 2.45) is 5.41 Å². The summed E-state index contributed by atoms with van der Waals surface area (Å²) in [6.45, 7) is 17.7. The zero-order valence-electron chi connectivity index (χ0n) is 23.6. The van der Waals surface area contributed by atoms with E-state index in [1.807, 2.05) is 68.4 Å². The first-order valence-corrected chi connectivity index (χ1v) is 12.7. The smallest absolute Gasteiger partial charge is 0.495 e. The summed E-state index contributed by atoms with van der Waals surface area (Å²) < 4.78 is 12.4. The summed E-state index contributed by atoms with van der Waals surface area (Å²) in [6.07, 6.45) is 5.80. The van der Waals surface area contributed by atoms with Crippen molar-refractivity contribution in [2.45, 2.75) is 92.4 Å². The molecule has 2 rings (SSSR count). The van der Waals surface area contributed by atoms with Crippen LogP contribution in [0.3, 0.4) is 0 Å². The Kier molecular flexibility index (Phi) is 9.55. The van der Waals surface area contributed by atoms with Gasteiger partial charge in [0.05, 0.1) is 29.1 Å². The van der Waals surface area contributed by atoms with Gasteiger partial charge in [0.2, 0.25) is 0 Å². The van der Waals surface area contributed by atoms with E-state index in [0.717, 1.165) is 18.1 Å². The topological polar surface area (TPSA) is 112 Å². The van der Waals surface area contributed by atoms with Gasteiger partial charge in [-0.2, -0.15) is 0 Å². The highest BCUT2D eigenvalue weighted by molar-refractivity contribution is 6.62. The molecule has 202 valence electrons. The molecule has 37 heavy (non-hydrogen) atoms. The van der Waals surface area contributed by atoms with Gasteiger partial charge in [0.1, 0.15) is 0 Å². The minimum atomic E-state index is -0.631. The Morgan fingerprint density at radius 2 is 1.78 bits per heavy atom. The number of nitrogens with zero attached hydrogens (tertiary/aromatic N) is 1. The van der Waals surface area contributed by atoms with E-state index in [1.54, 1.807) is 12.1 Å². The van der Waals surface area contributed by atoms with Crippen molar-refractivity contribution >= 4 is 30.6 Å². The van der Waals surface area contributed by atoms with Crippen molar-refractivity contribution in [1.82, 2.24) is 10.4 Å². The Balaban J connectivity index is 2.48. The van der Waals surface area contributed by atoms with Crippen molar-refractivity contribution in [3.05, 3.63) is 53.3 Å². The third-order valence-electron chi connectivity index (χ3n) is 7.20. The van der Waals surface area contributed by atoms with Gasteiger partial charge in [-0.05, 0) is 75.7 Å². The second kappa shape index (κ2) is 11.6. The summed E-state index contributed by atoms with van der Waals surface area (Å²) >= 11 is 0. The molecule has 1 aromatic carbocycles. The molecule has 8 nitrogen and oxygen atoms in total. The van der Waals surface area contributed by atoms with E-state index in [2.05, 4.69) is 5.43 Å². The number of hydrazine groups is 1. The molecule has 1 saturated heterocycles. The maximum Gasteiger partial charge on any atom is 0.495 e. The maximum absolute atomic E-state index is 13.6. The minimum Gasteiger partial charge on any atom is -0.515 e. The third-order valence-corrected chi connectivity index (χ3v) is 7.20. The number of nitrogens with one attached hydrogen (secondary N) is 2. The molecular weight excluding hydrogens is 469 g/mol. The van der Waals surface area contributed by atoms with Gasteiger partial charge >= 0.3 is 7.12 Å². The fourth-order valence-electron chi connectivity index (χ4n) is 4.25. The van der Waals surface area contributed by atoms with Gasteiger partial charge < -0.3 is 19.8 Å². The number of hydrogen-bond donors (Lipinski definition) is 3. The predicted octanol–water partition coefficient (Wildman–Crippen LogP) is 4.63. The second-order valence-electron chi connectivity index (χ2n) is 11.5. The van der Waals surface area contributed by atoms with Crippen LogP contribution in [0, 0.1) is 17.7 Å². The zero-order chi connectivity index (χ0) is 28.2. The first-order chi connectivity index (χ1) is 17.1. The van der Waals surface area contributed by atoms with Crippen molar-refractivity contribution in [2.75, 3.05) is 0 Å². The fourth-order valence-corrected chi connectivity index (χ4v) is 4.25. The molecule has 0 aromatic heterocycles. The molecule has 0 spiro atoms. The molecule has 0 bridgehead atoms. The van der Waals surface area contributed by atoms with E-state index < -0.39 is 30.1 Å². The molecule has 0 radical (unpaired) electrons. The molecule has 1 aromatic rings. The van der Waals surface area contributed by atoms with E-state index in [9.17, 15) is 14.7 Å². The van der Waals surface area contributed by atoms with E-state index in [-0.39, 0.29) is 17.0 Å². The van der Waals surface area contributed by atoms with Gasteiger partial charge in [-0.1, -0.05) is 46.2 Å². The lowest BCUT2D eigenvalue weighted by Gasteiger charge is -2.40. The molecule has 1 atom stereocenters. The SMILES string of the molecule is CCCC(N(NC(=O)c1cccc(B2OC(C)(C)C(C)(C)O2)c1C)C(=O)C(C=CC=N)=CO)C(C)(C)C. The Morgan fingerprint density at radius 3 is 2.27 bits per heavy atom. The van der Waals surface area contributed by atoms with Crippen LogP contribution in [-0.4, -0.2) is 52.5 Å². The number of benzene rings is 1. The van der Waals surface area contributed by atoms with Crippen LogP contribution in [0.2, 0.25) is 0 Å². The van der Waals surface area contributed by atoms with Crippen LogP contribution in [0.1, 0.15) is 84.2 Å². The highest BCUT2D eigenvalue weighted by Crippen LogP contribution is 2.37. The predicted molar refractivity (Wildman–Crippen MR) is 148 cm³/mol. The van der Waals surface area contributed by atoms with Gasteiger partial charge in [0.15, 0.2) is 0 Å². The number of aliphatic hydroxyl groups excluding tert-OH is 1. The third kappa shape index (κ3) is 6.70. The standard InChI is InChI=1S/C28H42BN3O5/c1-10-13-23(26(3,4)5)32(25(35)20(18-33)14-12-17-30)31-24(34)21-15-11-16-22(19(21)2)29-36-27(6,7)28(8,9)37-29/h11-12,14-18,23,30,33H,10,13H2,1-9H3,(H,31,34). The Morgan fingerprint density at radius 1 is 1.19 bits per heavy atom. The van der Waals surface area contributed by atoms with Gasteiger partial charge in [0, 0.05) is 11.8 Å². The molecule has 1 aliphatic heterocycles. The van der Waals surface area contributed by atoms with E-state index in [0.29, 0.717) is 23.8 Å². The van der Waals surface area contributed by atoms with E-state index in [4.69, 9.17) is 14.7 Å². The highest BCUT2D eigenvalue weighted by atomic mass is 16.7.